The first-order valence-electron chi connectivity index (χ1n) is 5.70. The van der Waals surface area contributed by atoms with E-state index >= 15 is 0 Å². The molecule has 0 fully saturated rings. The molecule has 0 unspecified atom stereocenters. The smallest absolute Gasteiger partial charge is 0.251 e. The Morgan fingerprint density at radius 2 is 2.26 bits per heavy atom. The zero-order chi connectivity index (χ0) is 13.8. The number of hydrogen-bond acceptors (Lipinski definition) is 7. The lowest BCUT2D eigenvalue weighted by atomic mass is 10.2. The molecule has 0 saturated carbocycles. The third kappa shape index (κ3) is 3.09. The Hall–Kier alpha value is -1.93. The molecule has 0 amide bonds. The molecule has 19 heavy (non-hydrogen) atoms. The summed E-state index contributed by atoms with van der Waals surface area (Å²) in [6, 6.07) is 1.44. The average molecular weight is 278 g/mol. The predicted octanol–water partition coefficient (Wildman–Crippen LogP) is 0.868. The molecule has 0 radical (unpaired) electrons. The number of nitrogens with two attached hydrogens (primary N) is 1. The van der Waals surface area contributed by atoms with Crippen LogP contribution in [0.2, 0.25) is 0 Å². The summed E-state index contributed by atoms with van der Waals surface area (Å²) in [5.41, 5.74) is 3.91. The average Bonchev–Trinajstić information content (AvgIpc) is 2.37. The Kier molecular flexibility index (Phi) is 4.13. The van der Waals surface area contributed by atoms with Crippen molar-refractivity contribution in [1.82, 2.24) is 19.9 Å². The summed E-state index contributed by atoms with van der Waals surface area (Å²) in [7, 11) is 0. The van der Waals surface area contributed by atoms with Gasteiger partial charge in [-0.25, -0.2) is 20.8 Å². The van der Waals surface area contributed by atoms with Crippen molar-refractivity contribution in [3.63, 3.8) is 0 Å². The molecule has 7 nitrogen and oxygen atoms in total. The van der Waals surface area contributed by atoms with Gasteiger partial charge in [0, 0.05) is 17.3 Å². The third-order valence-electron chi connectivity index (χ3n) is 2.44. The van der Waals surface area contributed by atoms with E-state index in [1.54, 1.807) is 6.92 Å². The number of aromatic amines is 1. The quantitative estimate of drug-likeness (QED) is 0.329. The number of aromatic nitrogens is 4. The van der Waals surface area contributed by atoms with Gasteiger partial charge in [-0.1, -0.05) is 6.92 Å². The zero-order valence-electron chi connectivity index (χ0n) is 10.6. The van der Waals surface area contributed by atoms with Crippen molar-refractivity contribution in [2.24, 2.45) is 5.84 Å². The van der Waals surface area contributed by atoms with Gasteiger partial charge in [-0.3, -0.25) is 4.79 Å². The molecule has 0 aromatic carbocycles. The van der Waals surface area contributed by atoms with Crippen molar-refractivity contribution in [2.45, 2.75) is 30.5 Å². The van der Waals surface area contributed by atoms with E-state index in [0.717, 1.165) is 17.0 Å². The first kappa shape index (κ1) is 13.5. The third-order valence-corrected chi connectivity index (χ3v) is 3.37. The zero-order valence-corrected chi connectivity index (χ0v) is 11.4. The van der Waals surface area contributed by atoms with Crippen molar-refractivity contribution in [3.8, 4) is 0 Å². The summed E-state index contributed by atoms with van der Waals surface area (Å²) in [6.45, 7) is 3.75. The Bertz CT molecular complexity index is 641. The summed E-state index contributed by atoms with van der Waals surface area (Å²) >= 11 is 1.28. The van der Waals surface area contributed by atoms with E-state index in [0.29, 0.717) is 16.7 Å². The molecule has 0 saturated heterocycles. The Morgan fingerprint density at radius 3 is 2.89 bits per heavy atom. The molecule has 2 heterocycles. The van der Waals surface area contributed by atoms with Gasteiger partial charge in [0.25, 0.3) is 5.56 Å². The van der Waals surface area contributed by atoms with Crippen LogP contribution in [0.4, 0.5) is 5.82 Å². The second-order valence-corrected chi connectivity index (χ2v) is 4.78. The summed E-state index contributed by atoms with van der Waals surface area (Å²) in [5, 5.41) is 1.22. The number of hydrazine groups is 1. The van der Waals surface area contributed by atoms with Crippen LogP contribution in [0.5, 0.6) is 0 Å². The van der Waals surface area contributed by atoms with Gasteiger partial charge in [-0.15, -0.1) is 0 Å². The molecule has 0 atom stereocenters. The molecular formula is C11H14N6OS. The number of nitrogens with zero attached hydrogens (tertiary/aromatic N) is 3. The molecule has 2 aromatic heterocycles. The Labute approximate surface area is 114 Å². The first-order valence-corrected chi connectivity index (χ1v) is 6.52. The number of nitrogens with one attached hydrogen (secondary N) is 2. The maximum Gasteiger partial charge on any atom is 0.251 e. The van der Waals surface area contributed by atoms with Gasteiger partial charge in [0.2, 0.25) is 0 Å². The highest BCUT2D eigenvalue weighted by Gasteiger charge is 2.11. The van der Waals surface area contributed by atoms with E-state index in [-0.39, 0.29) is 5.56 Å². The number of nitrogen functional groups attached to an aromatic ring is 1. The standard InChI is InChI=1S/C11H14N6OS/c1-3-7-9(17-12)13-5-14-10(7)19-11-15-6(2)4-8(18)16-11/h4-5H,3,12H2,1-2H3,(H,13,14,17)(H,15,16,18). The molecule has 2 rings (SSSR count). The molecule has 0 aliphatic rings. The number of aryl methyl sites for hydroxylation is 1. The van der Waals surface area contributed by atoms with E-state index < -0.39 is 0 Å². The predicted molar refractivity (Wildman–Crippen MR) is 72.9 cm³/mol. The minimum atomic E-state index is -0.181. The highest BCUT2D eigenvalue weighted by atomic mass is 32.2. The van der Waals surface area contributed by atoms with Crippen LogP contribution in [0.3, 0.4) is 0 Å². The second kappa shape index (κ2) is 5.81. The molecule has 0 spiro atoms. The van der Waals surface area contributed by atoms with E-state index in [1.165, 1.54) is 24.2 Å². The van der Waals surface area contributed by atoms with Crippen LogP contribution >= 0.6 is 11.8 Å². The Balaban J connectivity index is 2.40. The molecule has 8 heteroatoms. The van der Waals surface area contributed by atoms with E-state index in [2.05, 4.69) is 25.4 Å². The van der Waals surface area contributed by atoms with Crippen LogP contribution in [0.15, 0.2) is 27.4 Å². The lowest BCUT2D eigenvalue weighted by Gasteiger charge is -2.09. The molecule has 100 valence electrons. The number of H-pyrrole nitrogens is 1. The fourth-order valence-electron chi connectivity index (χ4n) is 1.62. The fourth-order valence-corrected chi connectivity index (χ4v) is 2.61. The van der Waals surface area contributed by atoms with Crippen molar-refractivity contribution in [1.29, 1.82) is 0 Å². The van der Waals surface area contributed by atoms with Crippen LogP contribution in [0, 0.1) is 6.92 Å². The SMILES string of the molecule is CCc1c(NN)ncnc1Sc1nc(C)cc(=O)[nH]1. The lowest BCUT2D eigenvalue weighted by Crippen LogP contribution is -2.12. The maximum absolute atomic E-state index is 11.4. The molecule has 0 aliphatic carbocycles. The molecular weight excluding hydrogens is 264 g/mol. The van der Waals surface area contributed by atoms with Crippen LogP contribution < -0.4 is 16.8 Å². The van der Waals surface area contributed by atoms with Gasteiger partial charge in [-0.2, -0.15) is 0 Å². The normalized spacial score (nSPS) is 10.5. The van der Waals surface area contributed by atoms with Gasteiger partial charge in [0.1, 0.15) is 17.2 Å². The summed E-state index contributed by atoms with van der Waals surface area (Å²) in [5.74, 6) is 5.99. The minimum absolute atomic E-state index is 0.181. The fraction of sp³-hybridized carbons (Fsp3) is 0.273. The Morgan fingerprint density at radius 1 is 1.47 bits per heavy atom. The summed E-state index contributed by atoms with van der Waals surface area (Å²) in [6.07, 6.45) is 2.14. The van der Waals surface area contributed by atoms with Crippen molar-refractivity contribution >= 4 is 17.6 Å². The molecule has 0 aliphatic heterocycles. The van der Waals surface area contributed by atoms with Crippen LogP contribution in [-0.4, -0.2) is 19.9 Å². The highest BCUT2D eigenvalue weighted by Crippen LogP contribution is 2.28. The molecule has 4 N–H and O–H groups in total. The molecule has 0 bridgehead atoms. The number of rotatable bonds is 4. The maximum atomic E-state index is 11.4. The summed E-state index contributed by atoms with van der Waals surface area (Å²) < 4.78 is 0. The topological polar surface area (TPSA) is 110 Å². The van der Waals surface area contributed by atoms with Crippen LogP contribution in [0.25, 0.3) is 0 Å². The van der Waals surface area contributed by atoms with E-state index in [9.17, 15) is 4.79 Å². The van der Waals surface area contributed by atoms with Crippen molar-refractivity contribution in [2.75, 3.05) is 5.43 Å². The van der Waals surface area contributed by atoms with E-state index in [4.69, 9.17) is 5.84 Å². The monoisotopic (exact) mass is 278 g/mol. The lowest BCUT2D eigenvalue weighted by molar-refractivity contribution is 0.890. The summed E-state index contributed by atoms with van der Waals surface area (Å²) in [4.78, 5) is 26.6. The van der Waals surface area contributed by atoms with Gasteiger partial charge < -0.3 is 10.4 Å². The van der Waals surface area contributed by atoms with Gasteiger partial charge in [0.15, 0.2) is 5.16 Å². The van der Waals surface area contributed by atoms with Crippen molar-refractivity contribution < 1.29 is 0 Å². The van der Waals surface area contributed by atoms with Crippen LogP contribution in [-0.2, 0) is 6.42 Å². The van der Waals surface area contributed by atoms with Crippen LogP contribution in [0.1, 0.15) is 18.2 Å². The van der Waals surface area contributed by atoms with Gasteiger partial charge in [0.05, 0.1) is 0 Å². The highest BCUT2D eigenvalue weighted by molar-refractivity contribution is 7.99. The van der Waals surface area contributed by atoms with E-state index in [1.807, 2.05) is 6.92 Å². The largest absolute Gasteiger partial charge is 0.308 e. The van der Waals surface area contributed by atoms with Gasteiger partial charge in [-0.05, 0) is 25.1 Å². The number of hydrogen-bond donors (Lipinski definition) is 3. The second-order valence-electron chi connectivity index (χ2n) is 3.80. The molecule has 2 aromatic rings. The minimum Gasteiger partial charge on any atom is -0.308 e. The first-order chi connectivity index (χ1) is 9.13. The number of anilines is 1. The van der Waals surface area contributed by atoms with Gasteiger partial charge >= 0.3 is 0 Å². The van der Waals surface area contributed by atoms with Crippen molar-refractivity contribution in [3.05, 3.63) is 34.0 Å².